The predicted molar refractivity (Wildman–Crippen MR) is 67.7 cm³/mol. The van der Waals surface area contributed by atoms with Crippen LogP contribution in [-0.4, -0.2) is 38.9 Å². The molecular formula is C12H24N3+. The first kappa shape index (κ1) is 13.9. The highest BCUT2D eigenvalue weighted by Gasteiger charge is 2.19. The molecule has 0 aromatic rings. The normalized spacial score (nSPS) is 15.7. The van der Waals surface area contributed by atoms with Crippen LogP contribution in [0.15, 0.2) is 28.0 Å². The highest BCUT2D eigenvalue weighted by Crippen LogP contribution is 2.17. The van der Waals surface area contributed by atoms with Crippen LogP contribution in [0.4, 0.5) is 0 Å². The van der Waals surface area contributed by atoms with E-state index < -0.39 is 0 Å². The lowest BCUT2D eigenvalue weighted by atomic mass is 10.1. The number of nitrogens with two attached hydrogens (primary N) is 1. The van der Waals surface area contributed by atoms with Crippen molar-refractivity contribution in [3.05, 3.63) is 23.0 Å². The topological polar surface area (TPSA) is 38.4 Å². The van der Waals surface area contributed by atoms with Crippen molar-refractivity contribution in [2.24, 2.45) is 10.7 Å². The summed E-state index contributed by atoms with van der Waals surface area (Å²) in [7, 11) is 8.04. The van der Waals surface area contributed by atoms with Crippen LogP contribution in [0.25, 0.3) is 0 Å². The molecule has 0 aliphatic carbocycles. The summed E-state index contributed by atoms with van der Waals surface area (Å²) in [5, 5.41) is 0. The summed E-state index contributed by atoms with van der Waals surface area (Å²) >= 11 is 0. The molecular weight excluding hydrogens is 186 g/mol. The van der Waals surface area contributed by atoms with E-state index in [0.717, 1.165) is 17.8 Å². The molecule has 0 bridgehead atoms. The average molecular weight is 210 g/mol. The van der Waals surface area contributed by atoms with Crippen molar-refractivity contribution in [2.45, 2.75) is 20.3 Å². The Bertz CT molecular complexity index is 290. The second kappa shape index (κ2) is 5.71. The van der Waals surface area contributed by atoms with E-state index in [1.54, 1.807) is 7.05 Å². The summed E-state index contributed by atoms with van der Waals surface area (Å²) < 4.78 is 0.681. The molecule has 0 radical (unpaired) electrons. The quantitative estimate of drug-likeness (QED) is 0.430. The standard InChI is InChI=1S/C12H24N3/c1-7-10(8-2)12(13)11(9-14-3)15(4,5)6/h7,9H,8,13H2,1-6H3/q+1/b10-7-,12-11+,14-9?. The number of aliphatic imine (C=N–C) groups is 1. The Labute approximate surface area is 93.6 Å². The minimum Gasteiger partial charge on any atom is -0.394 e. The lowest BCUT2D eigenvalue weighted by Gasteiger charge is -2.26. The molecule has 0 aliphatic heterocycles. The molecule has 3 nitrogen and oxygen atoms in total. The van der Waals surface area contributed by atoms with Gasteiger partial charge in [0.25, 0.3) is 0 Å². The molecule has 2 N–H and O–H groups in total. The van der Waals surface area contributed by atoms with Gasteiger partial charge in [0, 0.05) is 7.05 Å². The molecule has 0 saturated heterocycles. The van der Waals surface area contributed by atoms with Crippen molar-refractivity contribution in [3.63, 3.8) is 0 Å². The van der Waals surface area contributed by atoms with Crippen LogP contribution in [-0.2, 0) is 0 Å². The molecule has 0 aromatic carbocycles. The van der Waals surface area contributed by atoms with Crippen molar-refractivity contribution in [1.29, 1.82) is 0 Å². The molecule has 0 aliphatic rings. The number of nitrogens with zero attached hydrogens (tertiary/aromatic N) is 2. The number of rotatable bonds is 4. The van der Waals surface area contributed by atoms with Crippen LogP contribution in [0.3, 0.4) is 0 Å². The van der Waals surface area contributed by atoms with Gasteiger partial charge in [0.15, 0.2) is 5.70 Å². The Kier molecular flexibility index (Phi) is 5.29. The summed E-state index contributed by atoms with van der Waals surface area (Å²) in [5.74, 6) is 0. The average Bonchev–Trinajstić information content (AvgIpc) is 2.14. The molecule has 86 valence electrons. The van der Waals surface area contributed by atoms with Gasteiger partial charge in [0.2, 0.25) is 0 Å². The van der Waals surface area contributed by atoms with Crippen LogP contribution in [0.5, 0.6) is 0 Å². The van der Waals surface area contributed by atoms with Gasteiger partial charge in [-0.3, -0.25) is 9.48 Å². The van der Waals surface area contributed by atoms with Gasteiger partial charge in [-0.1, -0.05) is 13.0 Å². The molecule has 0 heterocycles. The van der Waals surface area contributed by atoms with E-state index in [1.807, 2.05) is 13.1 Å². The van der Waals surface area contributed by atoms with Crippen LogP contribution in [0, 0.1) is 0 Å². The largest absolute Gasteiger partial charge is 0.394 e. The van der Waals surface area contributed by atoms with Gasteiger partial charge in [0.05, 0.1) is 33.1 Å². The smallest absolute Gasteiger partial charge is 0.173 e. The minimum atomic E-state index is 0.681. The van der Waals surface area contributed by atoms with Gasteiger partial charge in [-0.05, 0) is 18.9 Å². The molecule has 0 saturated carbocycles. The summed E-state index contributed by atoms with van der Waals surface area (Å²) in [5.41, 5.74) is 9.23. The fourth-order valence-corrected chi connectivity index (χ4v) is 1.44. The summed E-state index contributed by atoms with van der Waals surface area (Å²) in [6.45, 7) is 4.13. The minimum absolute atomic E-state index is 0.681. The second-order valence-corrected chi connectivity index (χ2v) is 4.37. The van der Waals surface area contributed by atoms with E-state index in [4.69, 9.17) is 5.73 Å². The van der Waals surface area contributed by atoms with Crippen LogP contribution in [0.1, 0.15) is 20.3 Å². The molecule has 0 spiro atoms. The maximum Gasteiger partial charge on any atom is 0.173 e. The van der Waals surface area contributed by atoms with E-state index >= 15 is 0 Å². The third kappa shape index (κ3) is 3.88. The number of allylic oxidation sites excluding steroid dienone is 3. The van der Waals surface area contributed by atoms with E-state index in [9.17, 15) is 0 Å². The summed E-state index contributed by atoms with van der Waals surface area (Å²) in [4.78, 5) is 4.07. The van der Waals surface area contributed by atoms with Gasteiger partial charge in [-0.15, -0.1) is 0 Å². The van der Waals surface area contributed by atoms with Crippen molar-refractivity contribution in [2.75, 3.05) is 28.2 Å². The first-order valence-corrected chi connectivity index (χ1v) is 5.27. The van der Waals surface area contributed by atoms with Crippen molar-refractivity contribution in [3.8, 4) is 0 Å². The molecule has 0 amide bonds. The first-order valence-electron chi connectivity index (χ1n) is 5.27. The molecule has 0 fully saturated rings. The van der Waals surface area contributed by atoms with Crippen LogP contribution in [0.2, 0.25) is 0 Å². The lowest BCUT2D eigenvalue weighted by Crippen LogP contribution is -2.36. The monoisotopic (exact) mass is 210 g/mol. The summed E-state index contributed by atoms with van der Waals surface area (Å²) in [6, 6.07) is 0. The predicted octanol–water partition coefficient (Wildman–Crippen LogP) is 1.92. The fourth-order valence-electron chi connectivity index (χ4n) is 1.44. The van der Waals surface area contributed by atoms with Crippen molar-refractivity contribution in [1.82, 2.24) is 0 Å². The fraction of sp³-hybridized carbons (Fsp3) is 0.583. The zero-order valence-corrected chi connectivity index (χ0v) is 10.8. The SMILES string of the molecule is C/C=C(CC)\C(N)=C(\C=NC)[N+](C)(C)C. The van der Waals surface area contributed by atoms with Crippen LogP contribution < -0.4 is 5.73 Å². The van der Waals surface area contributed by atoms with Gasteiger partial charge in [-0.25, -0.2) is 0 Å². The van der Waals surface area contributed by atoms with Crippen molar-refractivity contribution < 1.29 is 4.48 Å². The third-order valence-corrected chi connectivity index (χ3v) is 2.33. The first-order chi connectivity index (χ1) is 6.88. The molecule has 0 aromatic heterocycles. The Hall–Kier alpha value is -1.09. The Morgan fingerprint density at radius 3 is 2.13 bits per heavy atom. The zero-order valence-electron chi connectivity index (χ0n) is 10.8. The summed E-state index contributed by atoms with van der Waals surface area (Å²) in [6.07, 6.45) is 4.85. The van der Waals surface area contributed by atoms with E-state index in [2.05, 4.69) is 39.1 Å². The molecule has 15 heavy (non-hydrogen) atoms. The zero-order chi connectivity index (χ0) is 12.1. The molecule has 3 heteroatoms. The van der Waals surface area contributed by atoms with Crippen molar-refractivity contribution >= 4 is 6.21 Å². The number of hydrogen-bond donors (Lipinski definition) is 1. The highest BCUT2D eigenvalue weighted by atomic mass is 15.3. The van der Waals surface area contributed by atoms with Crippen LogP contribution >= 0.6 is 0 Å². The molecule has 0 unspecified atom stereocenters. The Morgan fingerprint density at radius 2 is 1.87 bits per heavy atom. The lowest BCUT2D eigenvalue weighted by molar-refractivity contribution is -0.825. The van der Waals surface area contributed by atoms with E-state index in [0.29, 0.717) is 4.48 Å². The molecule has 0 rings (SSSR count). The van der Waals surface area contributed by atoms with E-state index in [1.165, 1.54) is 5.57 Å². The maximum atomic E-state index is 6.16. The third-order valence-electron chi connectivity index (χ3n) is 2.33. The van der Waals surface area contributed by atoms with E-state index in [-0.39, 0.29) is 0 Å². The number of quaternary nitrogens is 1. The van der Waals surface area contributed by atoms with Gasteiger partial charge >= 0.3 is 0 Å². The van der Waals surface area contributed by atoms with Gasteiger partial charge < -0.3 is 5.73 Å². The Morgan fingerprint density at radius 1 is 1.33 bits per heavy atom. The Balaban J connectivity index is 5.47. The number of hydrogen-bond acceptors (Lipinski definition) is 2. The molecule has 0 atom stereocenters. The van der Waals surface area contributed by atoms with Gasteiger partial charge in [0.1, 0.15) is 0 Å². The maximum absolute atomic E-state index is 6.16. The highest BCUT2D eigenvalue weighted by molar-refractivity contribution is 5.77. The second-order valence-electron chi connectivity index (χ2n) is 4.37. The van der Waals surface area contributed by atoms with Gasteiger partial charge in [-0.2, -0.15) is 0 Å².